The summed E-state index contributed by atoms with van der Waals surface area (Å²) in [7, 11) is 0. The van der Waals surface area contributed by atoms with E-state index < -0.39 is 0 Å². The first-order valence-corrected chi connectivity index (χ1v) is 6.43. The lowest BCUT2D eigenvalue weighted by atomic mass is 10.7. The largest absolute Gasteiger partial charge is 0.354 e. The second-order valence-electron chi connectivity index (χ2n) is 3.17. The van der Waals surface area contributed by atoms with Gasteiger partial charge >= 0.3 is 0 Å². The smallest absolute Gasteiger partial charge is 0.240 e. The zero-order valence-electron chi connectivity index (χ0n) is 9.79. The van der Waals surface area contributed by atoms with E-state index in [-0.39, 0.29) is 0 Å². The van der Waals surface area contributed by atoms with E-state index in [1.807, 2.05) is 13.1 Å². The van der Waals surface area contributed by atoms with E-state index in [0.717, 1.165) is 17.5 Å². The van der Waals surface area contributed by atoms with Gasteiger partial charge in [-0.1, -0.05) is 18.7 Å². The number of nitrogens with zero attached hydrogens (tertiary/aromatic N) is 5. The van der Waals surface area contributed by atoms with Gasteiger partial charge in [0, 0.05) is 18.9 Å². The maximum Gasteiger partial charge on any atom is 0.240 e. The Morgan fingerprint density at radius 3 is 2.82 bits per heavy atom. The molecule has 0 amide bonds. The number of imidazole rings is 1. The predicted molar refractivity (Wildman–Crippen MR) is 67.5 cm³/mol. The number of thioether (sulfide) groups is 1. The fraction of sp³-hybridized carbons (Fsp3) is 0.400. The van der Waals surface area contributed by atoms with Gasteiger partial charge < -0.3 is 5.32 Å². The second-order valence-corrected chi connectivity index (χ2v) is 4.41. The van der Waals surface area contributed by atoms with Crippen LogP contribution in [0.15, 0.2) is 23.9 Å². The summed E-state index contributed by atoms with van der Waals surface area (Å²) < 4.78 is 1.77. The summed E-state index contributed by atoms with van der Waals surface area (Å²) in [5.74, 6) is 2.12. The zero-order chi connectivity index (χ0) is 12.1. The third kappa shape index (κ3) is 2.94. The summed E-state index contributed by atoms with van der Waals surface area (Å²) in [6, 6.07) is 0. The highest BCUT2D eigenvalue weighted by Crippen LogP contribution is 2.15. The van der Waals surface area contributed by atoms with E-state index >= 15 is 0 Å². The van der Waals surface area contributed by atoms with Crippen LogP contribution in [-0.4, -0.2) is 36.8 Å². The normalized spacial score (nSPS) is 10.5. The molecule has 6 nitrogen and oxygen atoms in total. The van der Waals surface area contributed by atoms with Crippen molar-refractivity contribution in [2.24, 2.45) is 0 Å². The van der Waals surface area contributed by atoms with Gasteiger partial charge in [0.05, 0.1) is 0 Å². The first-order valence-electron chi connectivity index (χ1n) is 5.44. The molecule has 0 aliphatic carbocycles. The minimum Gasteiger partial charge on any atom is -0.354 e. The molecule has 2 aromatic rings. The minimum absolute atomic E-state index is 0.587. The van der Waals surface area contributed by atoms with Crippen LogP contribution in [-0.2, 0) is 0 Å². The molecule has 0 aliphatic heterocycles. The third-order valence-corrected chi connectivity index (χ3v) is 2.68. The molecule has 0 radical (unpaired) electrons. The van der Waals surface area contributed by atoms with Crippen LogP contribution in [0, 0.1) is 0 Å². The number of anilines is 1. The van der Waals surface area contributed by atoms with Crippen molar-refractivity contribution in [2.75, 3.05) is 17.6 Å². The summed E-state index contributed by atoms with van der Waals surface area (Å²) in [4.78, 5) is 17.0. The molecule has 2 rings (SSSR count). The van der Waals surface area contributed by atoms with Gasteiger partial charge in [-0.3, -0.25) is 4.57 Å². The van der Waals surface area contributed by atoms with E-state index in [2.05, 4.69) is 32.2 Å². The maximum absolute atomic E-state index is 4.37. The quantitative estimate of drug-likeness (QED) is 0.813. The Bertz CT molecular complexity index is 445. The van der Waals surface area contributed by atoms with Crippen LogP contribution in [0.4, 0.5) is 5.95 Å². The van der Waals surface area contributed by atoms with Crippen molar-refractivity contribution in [3.63, 3.8) is 0 Å². The maximum atomic E-state index is 4.37. The van der Waals surface area contributed by atoms with Crippen LogP contribution < -0.4 is 5.32 Å². The van der Waals surface area contributed by atoms with Gasteiger partial charge in [-0.15, -0.1) is 0 Å². The van der Waals surface area contributed by atoms with Crippen LogP contribution in [0.1, 0.15) is 13.8 Å². The minimum atomic E-state index is 0.587. The average molecular weight is 250 g/mol. The van der Waals surface area contributed by atoms with Crippen LogP contribution in [0.3, 0.4) is 0 Å². The highest BCUT2D eigenvalue weighted by molar-refractivity contribution is 7.99. The van der Waals surface area contributed by atoms with Gasteiger partial charge in [-0.25, -0.2) is 4.98 Å². The van der Waals surface area contributed by atoms with Crippen molar-refractivity contribution in [3.05, 3.63) is 18.7 Å². The molecule has 0 saturated carbocycles. The number of hydrogen-bond donors (Lipinski definition) is 1. The Balaban J connectivity index is 2.37. The molecule has 2 heterocycles. The summed E-state index contributed by atoms with van der Waals surface area (Å²) in [6.45, 7) is 4.86. The first kappa shape index (κ1) is 11.8. The van der Waals surface area contributed by atoms with Crippen LogP contribution in [0.2, 0.25) is 0 Å². The van der Waals surface area contributed by atoms with Crippen molar-refractivity contribution in [1.82, 2.24) is 24.5 Å². The molecule has 7 heteroatoms. The molecule has 17 heavy (non-hydrogen) atoms. The lowest BCUT2D eigenvalue weighted by Gasteiger charge is -2.06. The lowest BCUT2D eigenvalue weighted by Crippen LogP contribution is -2.08. The summed E-state index contributed by atoms with van der Waals surface area (Å²) in [6.07, 6.45) is 5.18. The van der Waals surface area contributed by atoms with E-state index in [1.54, 1.807) is 28.9 Å². The van der Waals surface area contributed by atoms with Crippen molar-refractivity contribution >= 4 is 17.7 Å². The third-order valence-electron chi connectivity index (χ3n) is 1.95. The van der Waals surface area contributed by atoms with E-state index in [9.17, 15) is 0 Å². The highest BCUT2D eigenvalue weighted by atomic mass is 32.2. The Labute approximate surface area is 104 Å². The molecule has 0 saturated heterocycles. The van der Waals surface area contributed by atoms with E-state index in [0.29, 0.717) is 11.9 Å². The molecular weight excluding hydrogens is 236 g/mol. The van der Waals surface area contributed by atoms with Gasteiger partial charge in [0.15, 0.2) is 5.16 Å². The molecule has 0 aliphatic rings. The summed E-state index contributed by atoms with van der Waals surface area (Å²) >= 11 is 1.59. The van der Waals surface area contributed by atoms with Crippen LogP contribution >= 0.6 is 11.8 Å². The van der Waals surface area contributed by atoms with Crippen molar-refractivity contribution in [1.29, 1.82) is 0 Å². The van der Waals surface area contributed by atoms with Crippen LogP contribution in [0.5, 0.6) is 0 Å². The molecular formula is C10H14N6S. The molecule has 1 N–H and O–H groups in total. The number of hydrogen-bond acceptors (Lipinski definition) is 6. The Morgan fingerprint density at radius 1 is 1.29 bits per heavy atom. The molecule has 90 valence electrons. The molecule has 0 unspecified atom stereocenters. The van der Waals surface area contributed by atoms with Crippen molar-refractivity contribution in [3.8, 4) is 5.95 Å². The Hall–Kier alpha value is -1.63. The summed E-state index contributed by atoms with van der Waals surface area (Å²) in [5, 5.41) is 3.82. The fourth-order valence-electron chi connectivity index (χ4n) is 1.27. The number of aromatic nitrogens is 5. The molecule has 0 spiro atoms. The van der Waals surface area contributed by atoms with Gasteiger partial charge in [0.2, 0.25) is 11.9 Å². The molecule has 0 fully saturated rings. The number of nitrogens with one attached hydrogen (secondary N) is 1. The van der Waals surface area contributed by atoms with Crippen molar-refractivity contribution in [2.45, 2.75) is 19.0 Å². The molecule has 2 aromatic heterocycles. The SMILES string of the molecule is CCNc1nc(SCC)nc(-n2ccnc2)n1. The van der Waals surface area contributed by atoms with E-state index in [4.69, 9.17) is 0 Å². The van der Waals surface area contributed by atoms with Gasteiger partial charge in [0.25, 0.3) is 0 Å². The monoisotopic (exact) mass is 250 g/mol. The summed E-state index contributed by atoms with van der Waals surface area (Å²) in [5.41, 5.74) is 0. The van der Waals surface area contributed by atoms with Gasteiger partial charge in [0.1, 0.15) is 6.33 Å². The standard InChI is InChI=1S/C10H14N6S/c1-3-12-8-13-9(16-6-5-11-7-16)15-10(14-8)17-4-2/h5-7H,3-4H2,1-2H3,(H,12,13,14,15). The van der Waals surface area contributed by atoms with E-state index in [1.165, 1.54) is 0 Å². The average Bonchev–Trinajstić information content (AvgIpc) is 2.83. The second kappa shape index (κ2) is 5.62. The molecule has 0 aromatic carbocycles. The van der Waals surface area contributed by atoms with Crippen LogP contribution in [0.25, 0.3) is 5.95 Å². The number of rotatable bonds is 5. The molecule has 0 atom stereocenters. The topological polar surface area (TPSA) is 68.5 Å². The Kier molecular flexibility index (Phi) is 3.92. The van der Waals surface area contributed by atoms with Gasteiger partial charge in [-0.05, 0) is 12.7 Å². The van der Waals surface area contributed by atoms with Crippen molar-refractivity contribution < 1.29 is 0 Å². The highest BCUT2D eigenvalue weighted by Gasteiger charge is 2.07. The molecule has 0 bridgehead atoms. The predicted octanol–water partition coefficient (Wildman–Crippen LogP) is 1.60. The lowest BCUT2D eigenvalue weighted by molar-refractivity contribution is 0.824. The first-order chi connectivity index (χ1) is 8.33. The van der Waals surface area contributed by atoms with Gasteiger partial charge in [-0.2, -0.15) is 15.0 Å². The Morgan fingerprint density at radius 2 is 2.18 bits per heavy atom. The fourth-order valence-corrected chi connectivity index (χ4v) is 1.82. The zero-order valence-corrected chi connectivity index (χ0v) is 10.6.